The molecule has 6 nitrogen and oxygen atoms in total. The monoisotopic (exact) mass is 502 g/mol. The highest BCUT2D eigenvalue weighted by Crippen LogP contribution is 2.24. The van der Waals surface area contributed by atoms with E-state index in [9.17, 15) is 0 Å². The maximum Gasteiger partial charge on any atom is 0.193 e. The summed E-state index contributed by atoms with van der Waals surface area (Å²) in [5.41, 5.74) is 2.57. The second-order valence-corrected chi connectivity index (χ2v) is 7.30. The number of halogens is 1. The molecule has 0 bridgehead atoms. The topological polar surface area (TPSA) is 49.3 Å². The Morgan fingerprint density at radius 2 is 1.93 bits per heavy atom. The Morgan fingerprint density at radius 1 is 1.14 bits per heavy atom. The number of ether oxygens (including phenoxy) is 2. The average Bonchev–Trinajstić information content (AvgIpc) is 2.72. The molecule has 2 aliphatic heterocycles. The zero-order valence-electron chi connectivity index (χ0n) is 17.2. The number of aryl methyl sites for hydroxylation is 1. The Bertz CT molecular complexity index is 608. The quantitative estimate of drug-likeness (QED) is 0.281. The molecule has 2 fully saturated rings. The average molecular weight is 502 g/mol. The molecule has 0 spiro atoms. The van der Waals surface area contributed by atoms with Gasteiger partial charge in [-0.3, -0.25) is 9.89 Å². The van der Waals surface area contributed by atoms with Crippen molar-refractivity contribution in [2.45, 2.75) is 25.9 Å². The van der Waals surface area contributed by atoms with Gasteiger partial charge in [-0.15, -0.1) is 24.0 Å². The minimum atomic E-state index is 0. The summed E-state index contributed by atoms with van der Waals surface area (Å²) in [6.45, 7) is 10.6. The highest BCUT2D eigenvalue weighted by Gasteiger charge is 2.24. The first-order chi connectivity index (χ1) is 13.3. The van der Waals surface area contributed by atoms with Crippen LogP contribution in [0, 0.1) is 6.92 Å². The van der Waals surface area contributed by atoms with E-state index in [0.717, 1.165) is 71.5 Å². The normalized spacial score (nSPS) is 21.3. The van der Waals surface area contributed by atoms with Crippen molar-refractivity contribution in [3.8, 4) is 0 Å². The van der Waals surface area contributed by atoms with Crippen LogP contribution in [-0.2, 0) is 9.47 Å². The molecule has 1 atom stereocenters. The minimum Gasteiger partial charge on any atom is -0.379 e. The molecule has 0 radical (unpaired) electrons. The lowest BCUT2D eigenvalue weighted by molar-refractivity contribution is -0.00831. The number of aliphatic imine (C=N–C) groups is 1. The third-order valence-electron chi connectivity index (χ3n) is 5.40. The summed E-state index contributed by atoms with van der Waals surface area (Å²) in [7, 11) is 1.87. The fourth-order valence-electron chi connectivity index (χ4n) is 3.80. The molecule has 1 unspecified atom stereocenters. The van der Waals surface area contributed by atoms with Gasteiger partial charge < -0.3 is 19.7 Å². The van der Waals surface area contributed by atoms with Gasteiger partial charge in [0.1, 0.15) is 6.10 Å². The lowest BCUT2D eigenvalue weighted by Gasteiger charge is -2.35. The van der Waals surface area contributed by atoms with Crippen LogP contribution in [0.1, 0.15) is 30.1 Å². The number of nitrogens with zero attached hydrogens (tertiary/aromatic N) is 3. The maximum atomic E-state index is 6.04. The molecule has 158 valence electrons. The third-order valence-corrected chi connectivity index (χ3v) is 5.40. The zero-order valence-corrected chi connectivity index (χ0v) is 19.6. The minimum absolute atomic E-state index is 0. The molecular weight excluding hydrogens is 467 g/mol. The smallest absolute Gasteiger partial charge is 0.193 e. The lowest BCUT2D eigenvalue weighted by atomic mass is 10.0. The fraction of sp³-hybridized carbons (Fsp3) is 0.667. The van der Waals surface area contributed by atoms with Crippen LogP contribution in [0.2, 0.25) is 0 Å². The van der Waals surface area contributed by atoms with Gasteiger partial charge in [0.15, 0.2) is 5.96 Å². The number of hydrogen-bond acceptors (Lipinski definition) is 4. The highest BCUT2D eigenvalue weighted by molar-refractivity contribution is 14.0. The van der Waals surface area contributed by atoms with E-state index in [4.69, 9.17) is 9.47 Å². The predicted molar refractivity (Wildman–Crippen MR) is 125 cm³/mol. The molecular formula is C21H35IN4O2. The van der Waals surface area contributed by atoms with Gasteiger partial charge in [-0.05, 0) is 37.4 Å². The van der Waals surface area contributed by atoms with Crippen LogP contribution in [-0.4, -0.2) is 81.9 Å². The van der Waals surface area contributed by atoms with E-state index in [1.807, 2.05) is 7.05 Å². The second-order valence-electron chi connectivity index (χ2n) is 7.30. The number of benzene rings is 1. The Balaban J connectivity index is 0.00000280. The van der Waals surface area contributed by atoms with Gasteiger partial charge in [0.2, 0.25) is 0 Å². The van der Waals surface area contributed by atoms with Crippen molar-refractivity contribution < 1.29 is 9.47 Å². The Kier molecular flexibility index (Phi) is 10.5. The predicted octanol–water partition coefficient (Wildman–Crippen LogP) is 2.67. The van der Waals surface area contributed by atoms with Crippen LogP contribution in [0.3, 0.4) is 0 Å². The van der Waals surface area contributed by atoms with Gasteiger partial charge in [0.25, 0.3) is 0 Å². The number of hydrogen-bond donors (Lipinski definition) is 1. The van der Waals surface area contributed by atoms with E-state index < -0.39 is 0 Å². The van der Waals surface area contributed by atoms with Gasteiger partial charge in [0.05, 0.1) is 26.4 Å². The maximum absolute atomic E-state index is 6.04. The Hall–Kier alpha value is -0.900. The molecule has 2 heterocycles. The van der Waals surface area contributed by atoms with Crippen molar-refractivity contribution in [1.82, 2.24) is 15.1 Å². The summed E-state index contributed by atoms with van der Waals surface area (Å²) in [5, 5.41) is 3.54. The van der Waals surface area contributed by atoms with Crippen LogP contribution in [0.5, 0.6) is 0 Å². The second kappa shape index (κ2) is 12.6. The van der Waals surface area contributed by atoms with E-state index in [-0.39, 0.29) is 30.1 Å². The van der Waals surface area contributed by atoms with E-state index in [2.05, 4.69) is 51.3 Å². The van der Waals surface area contributed by atoms with Crippen molar-refractivity contribution >= 4 is 29.9 Å². The molecule has 1 aromatic carbocycles. The number of nitrogens with one attached hydrogen (secondary N) is 1. The Morgan fingerprint density at radius 3 is 2.68 bits per heavy atom. The van der Waals surface area contributed by atoms with Crippen molar-refractivity contribution in [3.63, 3.8) is 0 Å². The van der Waals surface area contributed by atoms with Gasteiger partial charge in [-0.1, -0.05) is 24.3 Å². The van der Waals surface area contributed by atoms with E-state index in [1.54, 1.807) is 0 Å². The van der Waals surface area contributed by atoms with Gasteiger partial charge in [-0.25, -0.2) is 0 Å². The summed E-state index contributed by atoms with van der Waals surface area (Å²) in [5.74, 6) is 0.989. The van der Waals surface area contributed by atoms with Gasteiger partial charge in [-0.2, -0.15) is 0 Å². The lowest BCUT2D eigenvalue weighted by Crippen LogP contribution is -2.48. The highest BCUT2D eigenvalue weighted by atomic mass is 127. The third kappa shape index (κ3) is 6.86. The van der Waals surface area contributed by atoms with Crippen LogP contribution in [0.4, 0.5) is 0 Å². The summed E-state index contributed by atoms with van der Waals surface area (Å²) in [6.07, 6.45) is 2.47. The van der Waals surface area contributed by atoms with Crippen molar-refractivity contribution in [2.24, 2.45) is 4.99 Å². The Labute approximate surface area is 186 Å². The molecule has 28 heavy (non-hydrogen) atoms. The van der Waals surface area contributed by atoms with Gasteiger partial charge >= 0.3 is 0 Å². The van der Waals surface area contributed by atoms with Crippen LogP contribution in [0.15, 0.2) is 29.3 Å². The summed E-state index contributed by atoms with van der Waals surface area (Å²) >= 11 is 0. The summed E-state index contributed by atoms with van der Waals surface area (Å²) in [6, 6.07) is 8.49. The first-order valence-corrected chi connectivity index (χ1v) is 10.2. The molecule has 0 amide bonds. The largest absolute Gasteiger partial charge is 0.379 e. The molecule has 1 N–H and O–H groups in total. The number of unbranched alkanes of at least 4 members (excludes halogenated alkanes) is 1. The van der Waals surface area contributed by atoms with E-state index in [0.29, 0.717) is 0 Å². The van der Waals surface area contributed by atoms with Crippen LogP contribution >= 0.6 is 24.0 Å². The summed E-state index contributed by atoms with van der Waals surface area (Å²) in [4.78, 5) is 9.31. The van der Waals surface area contributed by atoms with Crippen molar-refractivity contribution in [1.29, 1.82) is 0 Å². The first-order valence-electron chi connectivity index (χ1n) is 10.2. The number of rotatable bonds is 6. The molecule has 2 aliphatic rings. The summed E-state index contributed by atoms with van der Waals surface area (Å²) < 4.78 is 11.4. The molecule has 0 aliphatic carbocycles. The van der Waals surface area contributed by atoms with Crippen molar-refractivity contribution in [3.05, 3.63) is 35.4 Å². The molecule has 1 aromatic rings. The van der Waals surface area contributed by atoms with Crippen molar-refractivity contribution in [2.75, 3.05) is 66.1 Å². The molecule has 0 saturated carbocycles. The molecule has 0 aromatic heterocycles. The van der Waals surface area contributed by atoms with E-state index >= 15 is 0 Å². The first kappa shape index (κ1) is 23.4. The number of guanidine groups is 1. The van der Waals surface area contributed by atoms with Gasteiger partial charge in [0, 0.05) is 33.2 Å². The zero-order chi connectivity index (χ0) is 18.9. The van der Waals surface area contributed by atoms with Crippen LogP contribution < -0.4 is 5.32 Å². The van der Waals surface area contributed by atoms with Crippen LogP contribution in [0.25, 0.3) is 0 Å². The number of morpholine rings is 2. The fourth-order valence-corrected chi connectivity index (χ4v) is 3.80. The molecule has 3 rings (SSSR count). The SMILES string of the molecule is CN=C(NCCCCN1CCOCC1)N1CCOC(c2ccccc2C)C1.I. The molecule has 7 heteroatoms. The standard InChI is InChI=1S/C21H34N4O2.HI/c1-18-7-3-4-8-19(18)20-17-25(13-16-27-20)21(22-2)23-9-5-6-10-24-11-14-26-15-12-24;/h3-4,7-8,20H,5-6,9-17H2,1-2H3,(H,22,23);1H. The molecule has 2 saturated heterocycles. The van der Waals surface area contributed by atoms with E-state index in [1.165, 1.54) is 17.5 Å².